The first-order chi connectivity index (χ1) is 14.1. The van der Waals surface area contributed by atoms with Gasteiger partial charge in [-0.1, -0.05) is 13.0 Å². The van der Waals surface area contributed by atoms with Crippen molar-refractivity contribution >= 4 is 34.2 Å². The van der Waals surface area contributed by atoms with Crippen molar-refractivity contribution < 1.29 is 9.59 Å². The Kier molecular flexibility index (Phi) is 5.34. The third-order valence-electron chi connectivity index (χ3n) is 5.63. The molecule has 2 aromatic rings. The van der Waals surface area contributed by atoms with E-state index in [9.17, 15) is 9.59 Å². The van der Waals surface area contributed by atoms with E-state index in [1.165, 1.54) is 5.57 Å². The number of rotatable bonds is 6. The highest BCUT2D eigenvalue weighted by Crippen LogP contribution is 2.35. The van der Waals surface area contributed by atoms with Crippen LogP contribution in [0.2, 0.25) is 0 Å². The van der Waals surface area contributed by atoms with Gasteiger partial charge in [0.15, 0.2) is 0 Å². The van der Waals surface area contributed by atoms with Crippen LogP contribution in [0.3, 0.4) is 0 Å². The van der Waals surface area contributed by atoms with Crippen molar-refractivity contribution in [3.8, 4) is 6.07 Å². The van der Waals surface area contributed by atoms with Crippen molar-refractivity contribution in [2.24, 2.45) is 11.8 Å². The van der Waals surface area contributed by atoms with Crippen LogP contribution < -0.4 is 5.32 Å². The molecule has 1 unspecified atom stereocenters. The number of aromatic amines is 1. The van der Waals surface area contributed by atoms with Gasteiger partial charge in [-0.2, -0.15) is 5.26 Å². The number of carbonyl (C=O) groups excluding carboxylic acids is 2. The molecule has 1 aliphatic carbocycles. The van der Waals surface area contributed by atoms with Gasteiger partial charge in [0.1, 0.15) is 11.5 Å². The molecule has 4 rings (SSSR count). The number of amides is 2. The highest BCUT2D eigenvalue weighted by molar-refractivity contribution is 5.97. The van der Waals surface area contributed by atoms with Gasteiger partial charge in [-0.25, -0.2) is 4.98 Å². The van der Waals surface area contributed by atoms with Crippen molar-refractivity contribution in [3.63, 3.8) is 0 Å². The number of H-pyrrole nitrogens is 1. The zero-order valence-electron chi connectivity index (χ0n) is 16.6. The molecular formula is C22H25N5O2. The summed E-state index contributed by atoms with van der Waals surface area (Å²) < 4.78 is 0. The van der Waals surface area contributed by atoms with E-state index in [1.54, 1.807) is 0 Å². The second kappa shape index (κ2) is 8.08. The fourth-order valence-electron chi connectivity index (χ4n) is 3.88. The van der Waals surface area contributed by atoms with E-state index < -0.39 is 0 Å². The van der Waals surface area contributed by atoms with Crippen LogP contribution in [0, 0.1) is 23.2 Å². The molecule has 1 atom stereocenters. The number of pyridine rings is 1. The van der Waals surface area contributed by atoms with Crippen LogP contribution >= 0.6 is 0 Å². The molecule has 150 valence electrons. The Morgan fingerprint density at radius 2 is 2.24 bits per heavy atom. The zero-order valence-corrected chi connectivity index (χ0v) is 16.6. The first-order valence-corrected chi connectivity index (χ1v) is 10.2. The second-order valence-corrected chi connectivity index (χ2v) is 7.93. The summed E-state index contributed by atoms with van der Waals surface area (Å²) in [5, 5.41) is 12.6. The van der Waals surface area contributed by atoms with Gasteiger partial charge < -0.3 is 15.2 Å². The lowest BCUT2D eigenvalue weighted by Gasteiger charge is -2.32. The Morgan fingerprint density at radius 3 is 2.97 bits per heavy atom. The Morgan fingerprint density at radius 1 is 1.41 bits per heavy atom. The van der Waals surface area contributed by atoms with E-state index in [-0.39, 0.29) is 23.7 Å². The Labute approximate surface area is 169 Å². The molecule has 3 heterocycles. The SMILES string of the molecule is CC1CN(C(=O)CCCC#N)CC=C1c1cc(NC(=O)C2CC2)nc2[nH]ccc12. The lowest BCUT2D eigenvalue weighted by atomic mass is 9.89. The van der Waals surface area contributed by atoms with Crippen LogP contribution in [0.4, 0.5) is 5.82 Å². The van der Waals surface area contributed by atoms with Crippen LogP contribution in [-0.4, -0.2) is 39.8 Å². The van der Waals surface area contributed by atoms with Gasteiger partial charge in [0.25, 0.3) is 0 Å². The first kappa shape index (κ1) is 19.2. The molecule has 29 heavy (non-hydrogen) atoms. The van der Waals surface area contributed by atoms with Gasteiger partial charge in [-0.3, -0.25) is 9.59 Å². The average molecular weight is 391 g/mol. The number of unbranched alkanes of at least 4 members (excludes halogenated alkanes) is 1. The largest absolute Gasteiger partial charge is 0.346 e. The molecule has 2 amide bonds. The van der Waals surface area contributed by atoms with Crippen LogP contribution in [-0.2, 0) is 9.59 Å². The summed E-state index contributed by atoms with van der Waals surface area (Å²) in [6.07, 6.45) is 7.28. The molecule has 0 radical (unpaired) electrons. The number of hydrogen-bond acceptors (Lipinski definition) is 4. The first-order valence-electron chi connectivity index (χ1n) is 10.2. The molecule has 1 fully saturated rings. The minimum Gasteiger partial charge on any atom is -0.346 e. The summed E-state index contributed by atoms with van der Waals surface area (Å²) in [7, 11) is 0. The molecule has 1 saturated carbocycles. The maximum atomic E-state index is 12.4. The molecule has 0 spiro atoms. The van der Waals surface area contributed by atoms with Crippen LogP contribution in [0.15, 0.2) is 24.4 Å². The number of nitrogens with zero attached hydrogens (tertiary/aromatic N) is 3. The predicted molar refractivity (Wildman–Crippen MR) is 111 cm³/mol. The number of anilines is 1. The van der Waals surface area contributed by atoms with Gasteiger partial charge in [0.2, 0.25) is 11.8 Å². The highest BCUT2D eigenvalue weighted by Gasteiger charge is 2.30. The molecule has 7 heteroatoms. The summed E-state index contributed by atoms with van der Waals surface area (Å²) in [6.45, 7) is 3.32. The van der Waals surface area contributed by atoms with Gasteiger partial charge >= 0.3 is 0 Å². The molecule has 7 nitrogen and oxygen atoms in total. The number of fused-ring (bicyclic) bond motifs is 1. The number of hydrogen-bond donors (Lipinski definition) is 2. The molecule has 0 aromatic carbocycles. The van der Waals surface area contributed by atoms with E-state index in [1.807, 2.05) is 23.2 Å². The van der Waals surface area contributed by atoms with Crippen LogP contribution in [0.1, 0.15) is 44.6 Å². The molecule has 2 aliphatic rings. The summed E-state index contributed by atoms with van der Waals surface area (Å²) in [4.78, 5) is 34.1. The summed E-state index contributed by atoms with van der Waals surface area (Å²) in [5.74, 6) is 0.981. The summed E-state index contributed by atoms with van der Waals surface area (Å²) in [5.41, 5.74) is 2.96. The van der Waals surface area contributed by atoms with Gasteiger partial charge in [0, 0.05) is 43.4 Å². The van der Waals surface area contributed by atoms with Gasteiger partial charge in [-0.15, -0.1) is 0 Å². The lowest BCUT2D eigenvalue weighted by molar-refractivity contribution is -0.131. The average Bonchev–Trinajstić information content (AvgIpc) is 3.46. The smallest absolute Gasteiger partial charge is 0.228 e. The zero-order chi connectivity index (χ0) is 20.4. The summed E-state index contributed by atoms with van der Waals surface area (Å²) >= 11 is 0. The van der Waals surface area contributed by atoms with Gasteiger partial charge in [-0.05, 0) is 48.4 Å². The van der Waals surface area contributed by atoms with E-state index in [0.717, 1.165) is 29.4 Å². The van der Waals surface area contributed by atoms with Crippen molar-refractivity contribution in [2.45, 2.75) is 39.0 Å². The van der Waals surface area contributed by atoms with E-state index >= 15 is 0 Å². The minimum atomic E-state index is 0.0363. The monoisotopic (exact) mass is 391 g/mol. The Hall–Kier alpha value is -3.14. The maximum absolute atomic E-state index is 12.4. The maximum Gasteiger partial charge on any atom is 0.228 e. The number of nitriles is 1. The molecule has 0 bridgehead atoms. The lowest BCUT2D eigenvalue weighted by Crippen LogP contribution is -2.38. The third-order valence-corrected chi connectivity index (χ3v) is 5.63. The third kappa shape index (κ3) is 4.16. The highest BCUT2D eigenvalue weighted by atomic mass is 16.2. The number of aromatic nitrogens is 2. The molecule has 2 aromatic heterocycles. The minimum absolute atomic E-state index is 0.0363. The Balaban J connectivity index is 1.57. The van der Waals surface area contributed by atoms with Crippen molar-refractivity contribution in [3.05, 3.63) is 30.0 Å². The van der Waals surface area contributed by atoms with Crippen LogP contribution in [0.5, 0.6) is 0 Å². The summed E-state index contributed by atoms with van der Waals surface area (Å²) in [6, 6.07) is 6.03. The molecule has 0 saturated heterocycles. The number of nitrogens with one attached hydrogen (secondary N) is 2. The molecule has 1 aliphatic heterocycles. The van der Waals surface area contributed by atoms with Gasteiger partial charge in [0.05, 0.1) is 6.07 Å². The van der Waals surface area contributed by atoms with E-state index in [4.69, 9.17) is 5.26 Å². The Bertz CT molecular complexity index is 1010. The normalized spacial score (nSPS) is 19.0. The van der Waals surface area contributed by atoms with Crippen LogP contribution in [0.25, 0.3) is 16.6 Å². The van der Waals surface area contributed by atoms with E-state index in [2.05, 4.69) is 34.4 Å². The number of carbonyl (C=O) groups is 2. The second-order valence-electron chi connectivity index (χ2n) is 7.93. The fourth-order valence-corrected chi connectivity index (χ4v) is 3.88. The predicted octanol–water partition coefficient (Wildman–Crippen LogP) is 3.47. The standard InChI is InChI=1S/C22H25N5O2/c1-14-13-27(20(28)4-2-3-9-23)11-8-16(14)18-12-19(26-22(29)15-5-6-15)25-21-17(18)7-10-24-21/h7-8,10,12,14-15H,2-6,11,13H2,1H3,(H2,24,25,26,29). The van der Waals surface area contributed by atoms with Crippen molar-refractivity contribution in [1.82, 2.24) is 14.9 Å². The topological polar surface area (TPSA) is 102 Å². The fraction of sp³-hybridized carbons (Fsp3) is 0.455. The molecular weight excluding hydrogens is 366 g/mol. The molecule has 2 N–H and O–H groups in total. The quantitative estimate of drug-likeness (QED) is 0.736. The van der Waals surface area contributed by atoms with Crippen molar-refractivity contribution in [2.75, 3.05) is 18.4 Å². The van der Waals surface area contributed by atoms with Crippen molar-refractivity contribution in [1.29, 1.82) is 5.26 Å². The van der Waals surface area contributed by atoms with E-state index in [0.29, 0.717) is 38.2 Å².